The van der Waals surface area contributed by atoms with E-state index in [0.717, 1.165) is 29.8 Å². The molecule has 1 saturated carbocycles. The third-order valence-electron chi connectivity index (χ3n) is 5.46. The van der Waals surface area contributed by atoms with Gasteiger partial charge in [0.15, 0.2) is 5.65 Å². The van der Waals surface area contributed by atoms with Crippen LogP contribution in [-0.2, 0) is 11.8 Å². The Kier molecular flexibility index (Phi) is 3.04. The number of hydrogen-bond acceptors (Lipinski definition) is 4. The van der Waals surface area contributed by atoms with Crippen LogP contribution < -0.4 is 5.32 Å². The highest BCUT2D eigenvalue weighted by molar-refractivity contribution is 6.05. The molecule has 0 unspecified atom stereocenters. The van der Waals surface area contributed by atoms with Crippen molar-refractivity contribution in [2.24, 2.45) is 18.4 Å². The molecule has 23 heavy (non-hydrogen) atoms. The van der Waals surface area contributed by atoms with Crippen LogP contribution in [0.25, 0.3) is 11.0 Å². The first kappa shape index (κ1) is 14.6. The number of nitrogens with one attached hydrogen (secondary N) is 1. The van der Waals surface area contributed by atoms with Crippen molar-refractivity contribution in [3.8, 4) is 0 Å². The van der Waals surface area contributed by atoms with Gasteiger partial charge in [-0.05, 0) is 19.4 Å². The maximum absolute atomic E-state index is 12.9. The molecule has 1 saturated heterocycles. The number of amides is 1. The molecule has 4 rings (SSSR count). The van der Waals surface area contributed by atoms with Gasteiger partial charge < -0.3 is 10.1 Å². The number of ether oxygens (including phenoxy) is 1. The molecule has 6 nitrogen and oxygen atoms in total. The smallest absolute Gasteiger partial charge is 0.252 e. The SMILES string of the molecule is Cc1cc(C(=O)N[C@@H]2[C@@H]3CCO[C@H]3C2(C)C)c2cnn(C)c2n1. The molecule has 2 aliphatic rings. The molecule has 3 atom stereocenters. The van der Waals surface area contributed by atoms with Crippen LogP contribution in [0.4, 0.5) is 0 Å². The summed E-state index contributed by atoms with van der Waals surface area (Å²) in [5, 5.41) is 8.27. The second-order valence-electron chi connectivity index (χ2n) is 7.33. The Labute approximate surface area is 135 Å². The van der Waals surface area contributed by atoms with E-state index in [4.69, 9.17) is 4.74 Å². The summed E-state index contributed by atoms with van der Waals surface area (Å²) in [7, 11) is 1.84. The van der Waals surface area contributed by atoms with Gasteiger partial charge in [-0.15, -0.1) is 0 Å². The van der Waals surface area contributed by atoms with E-state index < -0.39 is 0 Å². The average molecular weight is 314 g/mol. The van der Waals surface area contributed by atoms with Crippen molar-refractivity contribution in [2.75, 3.05) is 6.61 Å². The monoisotopic (exact) mass is 314 g/mol. The third kappa shape index (κ3) is 2.01. The minimum atomic E-state index is -0.0445. The zero-order valence-corrected chi connectivity index (χ0v) is 14.0. The maximum Gasteiger partial charge on any atom is 0.252 e. The van der Waals surface area contributed by atoms with Gasteiger partial charge in [-0.25, -0.2) is 4.98 Å². The number of rotatable bonds is 2. The Hall–Kier alpha value is -1.95. The third-order valence-corrected chi connectivity index (χ3v) is 5.46. The lowest BCUT2D eigenvalue weighted by Crippen LogP contribution is -2.66. The molecule has 6 heteroatoms. The summed E-state index contributed by atoms with van der Waals surface area (Å²) < 4.78 is 7.50. The normalized spacial score (nSPS) is 28.4. The zero-order valence-electron chi connectivity index (χ0n) is 14.0. The number of hydrogen-bond donors (Lipinski definition) is 1. The standard InChI is InChI=1S/C17H22N4O2/c1-9-7-11(12-8-18-21(4)15(12)19-9)16(22)20-13-10-5-6-23-14(10)17(13,2)3/h7-8,10,13-14H,5-6H2,1-4H3,(H,20,22)/t10-,13+,14+/m0/s1. The van der Waals surface area contributed by atoms with Gasteiger partial charge in [0.25, 0.3) is 5.91 Å². The Morgan fingerprint density at radius 3 is 3.04 bits per heavy atom. The van der Waals surface area contributed by atoms with Crippen molar-refractivity contribution in [3.63, 3.8) is 0 Å². The summed E-state index contributed by atoms with van der Waals surface area (Å²) >= 11 is 0. The lowest BCUT2D eigenvalue weighted by Gasteiger charge is -2.54. The van der Waals surface area contributed by atoms with Gasteiger partial charge in [-0.2, -0.15) is 5.10 Å². The number of nitrogens with zero attached hydrogens (tertiary/aromatic N) is 3. The number of fused-ring (bicyclic) bond motifs is 2. The van der Waals surface area contributed by atoms with E-state index in [-0.39, 0.29) is 23.5 Å². The molecule has 1 aliphatic carbocycles. The molecule has 2 aromatic heterocycles. The number of aryl methyl sites for hydroxylation is 2. The molecule has 2 aromatic rings. The average Bonchev–Trinajstić information content (AvgIpc) is 3.10. The van der Waals surface area contributed by atoms with Crippen molar-refractivity contribution >= 4 is 16.9 Å². The molecule has 1 aliphatic heterocycles. The van der Waals surface area contributed by atoms with Crippen LogP contribution in [0, 0.1) is 18.3 Å². The van der Waals surface area contributed by atoms with E-state index >= 15 is 0 Å². The van der Waals surface area contributed by atoms with E-state index in [0.29, 0.717) is 11.5 Å². The highest BCUT2D eigenvalue weighted by Crippen LogP contribution is 2.52. The Bertz CT molecular complexity index is 795. The molecule has 0 bridgehead atoms. The topological polar surface area (TPSA) is 69.0 Å². The predicted molar refractivity (Wildman–Crippen MR) is 86.1 cm³/mol. The molecular formula is C17H22N4O2. The highest BCUT2D eigenvalue weighted by Gasteiger charge is 2.59. The van der Waals surface area contributed by atoms with Crippen molar-refractivity contribution in [1.82, 2.24) is 20.1 Å². The van der Waals surface area contributed by atoms with Gasteiger partial charge in [-0.1, -0.05) is 13.8 Å². The summed E-state index contributed by atoms with van der Waals surface area (Å²) in [6, 6.07) is 2.00. The Balaban J connectivity index is 1.65. The molecule has 3 heterocycles. The first-order chi connectivity index (χ1) is 10.9. The molecular weight excluding hydrogens is 292 g/mol. The van der Waals surface area contributed by atoms with E-state index in [1.165, 1.54) is 0 Å². The summed E-state index contributed by atoms with van der Waals surface area (Å²) in [6.45, 7) is 7.04. The summed E-state index contributed by atoms with van der Waals surface area (Å²) in [5.41, 5.74) is 2.19. The quantitative estimate of drug-likeness (QED) is 0.918. The summed E-state index contributed by atoms with van der Waals surface area (Å²) in [5.74, 6) is 0.387. The molecule has 1 amide bonds. The molecule has 0 aromatic carbocycles. The van der Waals surface area contributed by atoms with Crippen molar-refractivity contribution in [1.29, 1.82) is 0 Å². The molecule has 0 radical (unpaired) electrons. The number of aromatic nitrogens is 3. The van der Waals surface area contributed by atoms with E-state index in [9.17, 15) is 4.79 Å². The van der Waals surface area contributed by atoms with E-state index in [1.54, 1.807) is 10.9 Å². The largest absolute Gasteiger partial charge is 0.377 e. The predicted octanol–water partition coefficient (Wildman–Crippen LogP) is 1.82. The van der Waals surface area contributed by atoms with Crippen LogP contribution >= 0.6 is 0 Å². The fourth-order valence-electron chi connectivity index (χ4n) is 4.26. The van der Waals surface area contributed by atoms with Crippen molar-refractivity contribution in [3.05, 3.63) is 23.5 Å². The summed E-state index contributed by atoms with van der Waals surface area (Å²) in [6.07, 6.45) is 3.01. The highest BCUT2D eigenvalue weighted by atomic mass is 16.5. The lowest BCUT2D eigenvalue weighted by atomic mass is 9.57. The van der Waals surface area contributed by atoms with Gasteiger partial charge in [0, 0.05) is 36.7 Å². The lowest BCUT2D eigenvalue weighted by molar-refractivity contribution is -0.108. The number of carbonyl (C=O) groups excluding carboxylic acids is 1. The van der Waals surface area contributed by atoms with Gasteiger partial charge in [0.1, 0.15) is 0 Å². The fourth-order valence-corrected chi connectivity index (χ4v) is 4.26. The van der Waals surface area contributed by atoms with Crippen LogP contribution in [-0.4, -0.2) is 39.4 Å². The Morgan fingerprint density at radius 2 is 2.26 bits per heavy atom. The van der Waals surface area contributed by atoms with Crippen LogP contribution in [0.2, 0.25) is 0 Å². The van der Waals surface area contributed by atoms with Gasteiger partial charge in [0.05, 0.1) is 23.3 Å². The van der Waals surface area contributed by atoms with Crippen molar-refractivity contribution < 1.29 is 9.53 Å². The van der Waals surface area contributed by atoms with Crippen molar-refractivity contribution in [2.45, 2.75) is 39.3 Å². The molecule has 0 spiro atoms. The van der Waals surface area contributed by atoms with Crippen LogP contribution in [0.15, 0.2) is 12.3 Å². The minimum absolute atomic E-state index is 0.0209. The van der Waals surface area contributed by atoms with E-state index in [1.807, 2.05) is 20.0 Å². The van der Waals surface area contributed by atoms with Gasteiger partial charge in [-0.3, -0.25) is 9.48 Å². The second-order valence-corrected chi connectivity index (χ2v) is 7.33. The van der Waals surface area contributed by atoms with E-state index in [2.05, 4.69) is 29.2 Å². The second kappa shape index (κ2) is 4.77. The van der Waals surface area contributed by atoms with Gasteiger partial charge >= 0.3 is 0 Å². The summed E-state index contributed by atoms with van der Waals surface area (Å²) in [4.78, 5) is 17.4. The molecule has 1 N–H and O–H groups in total. The minimum Gasteiger partial charge on any atom is -0.377 e. The van der Waals surface area contributed by atoms with Crippen LogP contribution in [0.1, 0.15) is 36.3 Å². The Morgan fingerprint density at radius 1 is 1.48 bits per heavy atom. The van der Waals surface area contributed by atoms with Gasteiger partial charge in [0.2, 0.25) is 0 Å². The number of pyridine rings is 1. The molecule has 122 valence electrons. The van der Waals surface area contributed by atoms with Crippen LogP contribution in [0.3, 0.4) is 0 Å². The van der Waals surface area contributed by atoms with Crippen LogP contribution in [0.5, 0.6) is 0 Å². The zero-order chi connectivity index (χ0) is 16.4. The first-order valence-electron chi connectivity index (χ1n) is 8.11. The fraction of sp³-hybridized carbons (Fsp3) is 0.588. The maximum atomic E-state index is 12.9. The molecule has 2 fully saturated rings. The first-order valence-corrected chi connectivity index (χ1v) is 8.11. The number of carbonyl (C=O) groups is 1.